The van der Waals surface area contributed by atoms with Crippen LogP contribution in [0.25, 0.3) is 0 Å². The van der Waals surface area contributed by atoms with E-state index in [0.29, 0.717) is 5.82 Å². The Morgan fingerprint density at radius 1 is 1.50 bits per heavy atom. The molecular formula is C9H14N4S. The highest BCUT2D eigenvalue weighted by atomic mass is 32.2. The largest absolute Gasteiger partial charge is 0.382 e. The number of aromatic nitrogens is 2. The Labute approximate surface area is 88.1 Å². The van der Waals surface area contributed by atoms with Gasteiger partial charge in [0.1, 0.15) is 16.6 Å². The van der Waals surface area contributed by atoms with Gasteiger partial charge < -0.3 is 5.73 Å². The molecule has 1 heterocycles. The second kappa shape index (κ2) is 5.59. The van der Waals surface area contributed by atoms with Gasteiger partial charge in [0.2, 0.25) is 0 Å². The third-order valence-corrected chi connectivity index (χ3v) is 2.81. The van der Waals surface area contributed by atoms with Crippen molar-refractivity contribution >= 4 is 22.6 Å². The van der Waals surface area contributed by atoms with Gasteiger partial charge in [-0.15, -0.1) is 11.8 Å². The van der Waals surface area contributed by atoms with Crippen LogP contribution in [0.1, 0.15) is 19.0 Å². The summed E-state index contributed by atoms with van der Waals surface area (Å²) in [6.07, 6.45) is 4.32. The van der Waals surface area contributed by atoms with Gasteiger partial charge in [-0.2, -0.15) is 0 Å². The van der Waals surface area contributed by atoms with E-state index >= 15 is 0 Å². The van der Waals surface area contributed by atoms with Crippen molar-refractivity contribution < 1.29 is 0 Å². The minimum Gasteiger partial charge on any atom is -0.382 e. The van der Waals surface area contributed by atoms with Crippen LogP contribution in [0.15, 0.2) is 17.4 Å². The molecule has 0 radical (unpaired) electrons. The van der Waals surface area contributed by atoms with Crippen LogP contribution in [0, 0.1) is 0 Å². The monoisotopic (exact) mass is 210 g/mol. The first kappa shape index (κ1) is 11.0. The Hall–Kier alpha value is -1.10. The third kappa shape index (κ3) is 2.99. The topological polar surface area (TPSA) is 64.2 Å². The van der Waals surface area contributed by atoms with Crippen LogP contribution < -0.4 is 5.73 Å². The maximum absolute atomic E-state index is 5.45. The number of hydrogen-bond donors (Lipinski definition) is 1. The van der Waals surface area contributed by atoms with E-state index in [1.807, 2.05) is 0 Å². The number of nitrogens with zero attached hydrogens (tertiary/aromatic N) is 3. The first-order chi connectivity index (χ1) is 6.77. The molecule has 0 aliphatic heterocycles. The summed E-state index contributed by atoms with van der Waals surface area (Å²) in [5.41, 5.74) is 6.24. The Morgan fingerprint density at radius 3 is 2.79 bits per heavy atom. The number of hydrogen-bond acceptors (Lipinski definition) is 5. The smallest absolute Gasteiger partial charge is 0.141 e. The van der Waals surface area contributed by atoms with Crippen molar-refractivity contribution in [1.29, 1.82) is 0 Å². The molecule has 0 aliphatic rings. The molecule has 1 aromatic rings. The van der Waals surface area contributed by atoms with Gasteiger partial charge in [-0.25, -0.2) is 9.97 Å². The SMILES string of the molecule is CCCS/C(=N\C)c1cnc(N)cn1. The molecule has 0 spiro atoms. The van der Waals surface area contributed by atoms with Gasteiger partial charge in [0.15, 0.2) is 0 Å². The molecule has 0 unspecified atom stereocenters. The molecule has 4 nitrogen and oxygen atoms in total. The maximum atomic E-state index is 5.45. The first-order valence-corrected chi connectivity index (χ1v) is 5.44. The van der Waals surface area contributed by atoms with Crippen LogP contribution in [0.2, 0.25) is 0 Å². The molecule has 0 bridgehead atoms. The van der Waals surface area contributed by atoms with Crippen molar-refractivity contribution in [1.82, 2.24) is 9.97 Å². The third-order valence-electron chi connectivity index (χ3n) is 1.54. The number of aliphatic imine (C=N–C) groups is 1. The fraction of sp³-hybridized carbons (Fsp3) is 0.444. The first-order valence-electron chi connectivity index (χ1n) is 4.45. The minimum absolute atomic E-state index is 0.435. The van der Waals surface area contributed by atoms with Gasteiger partial charge in [0.05, 0.1) is 12.4 Å². The highest BCUT2D eigenvalue weighted by Crippen LogP contribution is 2.12. The predicted octanol–water partition coefficient (Wildman–Crippen LogP) is 1.58. The molecule has 0 aliphatic carbocycles. The standard InChI is InChI=1S/C9H14N4S/c1-3-4-14-9(11-2)7-5-13-8(10)6-12-7/h5-6H,3-4H2,1-2H3,(H2,10,13)/b11-9-. The molecule has 0 fully saturated rings. The minimum atomic E-state index is 0.435. The molecule has 0 saturated heterocycles. The van der Waals surface area contributed by atoms with Crippen LogP contribution >= 0.6 is 11.8 Å². The number of nitrogens with two attached hydrogens (primary N) is 1. The molecule has 1 aromatic heterocycles. The van der Waals surface area contributed by atoms with Gasteiger partial charge in [0.25, 0.3) is 0 Å². The molecule has 2 N–H and O–H groups in total. The van der Waals surface area contributed by atoms with E-state index in [0.717, 1.165) is 22.9 Å². The number of rotatable bonds is 3. The Morgan fingerprint density at radius 2 is 2.29 bits per heavy atom. The maximum Gasteiger partial charge on any atom is 0.141 e. The molecule has 14 heavy (non-hydrogen) atoms. The van der Waals surface area contributed by atoms with Crippen molar-refractivity contribution in [3.05, 3.63) is 18.1 Å². The van der Waals surface area contributed by atoms with Crippen LogP contribution in [0.4, 0.5) is 5.82 Å². The summed E-state index contributed by atoms with van der Waals surface area (Å²) >= 11 is 1.69. The quantitative estimate of drug-likeness (QED) is 0.607. The second-order valence-electron chi connectivity index (χ2n) is 2.70. The summed E-state index contributed by atoms with van der Waals surface area (Å²) in [5.74, 6) is 1.48. The number of thioether (sulfide) groups is 1. The highest BCUT2D eigenvalue weighted by Gasteiger charge is 2.04. The van der Waals surface area contributed by atoms with Gasteiger partial charge in [-0.05, 0) is 12.2 Å². The molecule has 0 saturated carbocycles. The summed E-state index contributed by atoms with van der Waals surface area (Å²) in [6, 6.07) is 0. The zero-order valence-corrected chi connectivity index (χ0v) is 9.21. The molecule has 0 atom stereocenters. The summed E-state index contributed by atoms with van der Waals surface area (Å²) in [6.45, 7) is 2.13. The molecule has 0 amide bonds. The van der Waals surface area contributed by atoms with E-state index in [1.54, 1.807) is 31.2 Å². The summed E-state index contributed by atoms with van der Waals surface area (Å²) in [4.78, 5) is 12.3. The van der Waals surface area contributed by atoms with Gasteiger partial charge in [0, 0.05) is 7.05 Å². The van der Waals surface area contributed by atoms with Crippen molar-refractivity contribution in [2.45, 2.75) is 13.3 Å². The number of nitrogen functional groups attached to an aromatic ring is 1. The molecule has 5 heteroatoms. The summed E-state index contributed by atoms with van der Waals surface area (Å²) < 4.78 is 0. The Bertz CT molecular complexity index is 307. The highest BCUT2D eigenvalue weighted by molar-refractivity contribution is 8.14. The second-order valence-corrected chi connectivity index (χ2v) is 3.79. The van der Waals surface area contributed by atoms with Crippen molar-refractivity contribution in [3.8, 4) is 0 Å². The molecular weight excluding hydrogens is 196 g/mol. The normalized spacial score (nSPS) is 11.7. The molecule has 76 valence electrons. The van der Waals surface area contributed by atoms with Gasteiger partial charge in [-0.3, -0.25) is 4.99 Å². The summed E-state index contributed by atoms with van der Waals surface area (Å²) in [5, 5.41) is 0.916. The lowest BCUT2D eigenvalue weighted by molar-refractivity contribution is 1.11. The lowest BCUT2D eigenvalue weighted by Crippen LogP contribution is -2.02. The van der Waals surface area contributed by atoms with Crippen molar-refractivity contribution in [2.24, 2.45) is 4.99 Å². The summed E-state index contributed by atoms with van der Waals surface area (Å²) in [7, 11) is 1.76. The fourth-order valence-electron chi connectivity index (χ4n) is 0.900. The molecule has 1 rings (SSSR count). The van der Waals surface area contributed by atoms with Crippen LogP contribution in [0.5, 0.6) is 0 Å². The van der Waals surface area contributed by atoms with Crippen molar-refractivity contribution in [3.63, 3.8) is 0 Å². The van der Waals surface area contributed by atoms with E-state index in [1.165, 1.54) is 0 Å². The van der Waals surface area contributed by atoms with E-state index < -0.39 is 0 Å². The lowest BCUT2D eigenvalue weighted by Gasteiger charge is -2.02. The average molecular weight is 210 g/mol. The molecule has 0 aromatic carbocycles. The van der Waals surface area contributed by atoms with E-state index in [4.69, 9.17) is 5.73 Å². The van der Waals surface area contributed by atoms with E-state index in [2.05, 4.69) is 21.9 Å². The average Bonchev–Trinajstić information content (AvgIpc) is 2.21. The van der Waals surface area contributed by atoms with Crippen LogP contribution in [-0.2, 0) is 0 Å². The Balaban J connectivity index is 2.75. The fourth-order valence-corrected chi connectivity index (χ4v) is 1.68. The van der Waals surface area contributed by atoms with Gasteiger partial charge >= 0.3 is 0 Å². The van der Waals surface area contributed by atoms with Crippen LogP contribution in [-0.4, -0.2) is 27.8 Å². The zero-order valence-electron chi connectivity index (χ0n) is 8.40. The number of anilines is 1. The van der Waals surface area contributed by atoms with E-state index in [-0.39, 0.29) is 0 Å². The lowest BCUT2D eigenvalue weighted by atomic mass is 10.5. The predicted molar refractivity (Wildman–Crippen MR) is 61.7 cm³/mol. The van der Waals surface area contributed by atoms with Gasteiger partial charge in [-0.1, -0.05) is 6.92 Å². The van der Waals surface area contributed by atoms with Crippen molar-refractivity contribution in [2.75, 3.05) is 18.5 Å². The van der Waals surface area contributed by atoms with E-state index in [9.17, 15) is 0 Å². The van der Waals surface area contributed by atoms with Crippen LogP contribution in [0.3, 0.4) is 0 Å². The zero-order chi connectivity index (χ0) is 10.4. The Kier molecular flexibility index (Phi) is 4.39.